The zero-order valence-electron chi connectivity index (χ0n) is 3.68. The summed E-state index contributed by atoms with van der Waals surface area (Å²) in [5, 5.41) is 0. The fourth-order valence-corrected chi connectivity index (χ4v) is 0.896. The van der Waals surface area contributed by atoms with Crippen molar-refractivity contribution in [1.82, 2.24) is 4.72 Å². The number of hydrogen-bond donors (Lipinski definition) is 1. The molecule has 41 valence electrons. The first-order valence-electron chi connectivity index (χ1n) is 1.49. The molecule has 7 heavy (non-hydrogen) atoms. The summed E-state index contributed by atoms with van der Waals surface area (Å²) >= 11 is 1.65. The lowest BCUT2D eigenvalue weighted by Gasteiger charge is -1.89. The summed E-state index contributed by atoms with van der Waals surface area (Å²) in [5.74, 6) is 0. The molecule has 1 N–H and O–H groups in total. The number of nitrogens with one attached hydrogen (secondary N) is 1. The zero-order chi connectivity index (χ0) is 5.91. The van der Waals surface area contributed by atoms with Crippen LogP contribution >= 0.6 is 22.4 Å². The van der Waals surface area contributed by atoms with E-state index >= 15 is 0 Å². The van der Waals surface area contributed by atoms with E-state index in [1.807, 2.05) is 0 Å². The summed E-state index contributed by atoms with van der Waals surface area (Å²) in [6.45, 7) is 0. The molecule has 6 heteroatoms. The molecule has 0 heterocycles. The molecule has 0 unspecified atom stereocenters. The largest absolute Gasteiger partial charge is 0.382 e. The second-order valence-electron chi connectivity index (χ2n) is 0.838. The monoisotopic (exact) mass is 232 g/mol. The molecule has 0 aliphatic heterocycles. The van der Waals surface area contributed by atoms with Crippen molar-refractivity contribution in [3.8, 4) is 0 Å². The molecule has 1 radical (unpaired) electrons. The smallest absolute Gasteiger partial charge is 0.228 e. The van der Waals surface area contributed by atoms with E-state index in [0.717, 1.165) is 4.41 Å². The Balaban J connectivity index is 3.89. The van der Waals surface area contributed by atoms with Crippen molar-refractivity contribution in [2.24, 2.45) is 0 Å². The lowest BCUT2D eigenvalue weighted by atomic mass is 10.8. The molecule has 0 aliphatic rings. The fraction of sp³-hybridized carbons (Fsp3) is 1.00. The summed E-state index contributed by atoms with van der Waals surface area (Å²) in [6, 6.07) is 0. The molecule has 0 aromatic heterocycles. The van der Waals surface area contributed by atoms with Gasteiger partial charge < -0.3 is 0 Å². The highest BCUT2D eigenvalue weighted by molar-refractivity contribution is 14.1. The number of halogens is 1. The second kappa shape index (κ2) is 2.88. The Morgan fingerprint density at radius 1 is 1.71 bits per heavy atom. The molecular formula is CH4BINO2S. The van der Waals surface area contributed by atoms with Gasteiger partial charge in [0.25, 0.3) is 0 Å². The van der Waals surface area contributed by atoms with Crippen LogP contribution in [0.5, 0.6) is 0 Å². The van der Waals surface area contributed by atoms with E-state index in [-0.39, 0.29) is 0 Å². The van der Waals surface area contributed by atoms with Crippen LogP contribution in [0.3, 0.4) is 0 Å². The van der Waals surface area contributed by atoms with Crippen LogP contribution < -0.4 is 4.72 Å². The Hall–Kier alpha value is 0.705. The van der Waals surface area contributed by atoms with Gasteiger partial charge >= 0.3 is 4.41 Å². The van der Waals surface area contributed by atoms with Gasteiger partial charge in [0.15, 0.2) is 9.87 Å². The van der Waals surface area contributed by atoms with E-state index in [0.29, 0.717) is 0 Å². The van der Waals surface area contributed by atoms with Crippen LogP contribution in [-0.2, 0) is 9.87 Å². The number of hydrogen-bond acceptors (Lipinski definition) is 2. The van der Waals surface area contributed by atoms with Crippen molar-refractivity contribution >= 4 is 36.7 Å². The van der Waals surface area contributed by atoms with Gasteiger partial charge in [-0.1, -0.05) is 0 Å². The van der Waals surface area contributed by atoms with E-state index in [2.05, 4.69) is 4.72 Å². The van der Waals surface area contributed by atoms with Crippen LogP contribution in [0.25, 0.3) is 0 Å². The first kappa shape index (κ1) is 7.70. The molecule has 0 fully saturated rings. The standard InChI is InChI=1S/CH4BINO2S/c1-4-7(5,6)2-3/h4H,1H3. The predicted molar refractivity (Wildman–Crippen MR) is 37.8 cm³/mol. The Labute approximate surface area is 56.9 Å². The second-order valence-corrected chi connectivity index (χ2v) is 4.04. The Kier molecular flexibility index (Phi) is 3.17. The minimum absolute atomic E-state index is 1.07. The lowest BCUT2D eigenvalue weighted by Crippen LogP contribution is -2.20. The van der Waals surface area contributed by atoms with E-state index < -0.39 is 9.87 Å². The van der Waals surface area contributed by atoms with Crippen molar-refractivity contribution in [2.75, 3.05) is 7.05 Å². The van der Waals surface area contributed by atoms with Gasteiger partial charge in [-0.3, -0.25) is 0 Å². The molecule has 0 aliphatic carbocycles. The SMILES string of the molecule is CNS(=O)(=O)[B]I. The minimum atomic E-state index is -3.05. The van der Waals surface area contributed by atoms with E-state index in [9.17, 15) is 8.42 Å². The van der Waals surface area contributed by atoms with Crippen molar-refractivity contribution in [3.05, 3.63) is 0 Å². The molecule has 0 rings (SSSR count). The quantitative estimate of drug-likeness (QED) is 0.515. The topological polar surface area (TPSA) is 46.2 Å². The van der Waals surface area contributed by atoms with E-state index in [4.69, 9.17) is 0 Å². The van der Waals surface area contributed by atoms with Gasteiger partial charge in [-0.15, -0.1) is 22.4 Å². The van der Waals surface area contributed by atoms with Crippen molar-refractivity contribution in [2.45, 2.75) is 0 Å². The maximum Gasteiger partial charge on any atom is 0.382 e. The molecular weight excluding hydrogens is 228 g/mol. The third-order valence-corrected chi connectivity index (χ3v) is 3.21. The van der Waals surface area contributed by atoms with Crippen molar-refractivity contribution in [3.63, 3.8) is 0 Å². The average Bonchev–Trinajstić information content (AvgIpc) is 1.68. The third kappa shape index (κ3) is 3.30. The van der Waals surface area contributed by atoms with Crippen LogP contribution in [-0.4, -0.2) is 19.9 Å². The minimum Gasteiger partial charge on any atom is -0.228 e. The fourth-order valence-electron chi connectivity index (χ4n) is 0.0445. The van der Waals surface area contributed by atoms with Crippen LogP contribution in [0, 0.1) is 0 Å². The molecule has 0 amide bonds. The lowest BCUT2D eigenvalue weighted by molar-refractivity contribution is 0.602. The first-order chi connectivity index (χ1) is 3.12. The van der Waals surface area contributed by atoms with Crippen LogP contribution in [0.1, 0.15) is 0 Å². The summed E-state index contributed by atoms with van der Waals surface area (Å²) in [6.07, 6.45) is 0. The van der Waals surface area contributed by atoms with Crippen LogP contribution in [0.15, 0.2) is 0 Å². The van der Waals surface area contributed by atoms with Gasteiger partial charge in [-0.2, -0.15) is 0 Å². The zero-order valence-corrected chi connectivity index (χ0v) is 6.65. The Morgan fingerprint density at radius 3 is 2.14 bits per heavy atom. The summed E-state index contributed by atoms with van der Waals surface area (Å²) < 4.78 is 23.6. The molecule has 0 spiro atoms. The summed E-state index contributed by atoms with van der Waals surface area (Å²) in [5.41, 5.74) is 0. The molecule has 0 bridgehead atoms. The maximum atomic E-state index is 10.2. The summed E-state index contributed by atoms with van der Waals surface area (Å²) in [4.78, 5) is 0. The molecule has 0 saturated heterocycles. The molecule has 3 nitrogen and oxygen atoms in total. The predicted octanol–water partition coefficient (Wildman–Crippen LogP) is -0.495. The highest BCUT2D eigenvalue weighted by Crippen LogP contribution is 1.83. The van der Waals surface area contributed by atoms with Gasteiger partial charge in [0.05, 0.1) is 0 Å². The van der Waals surface area contributed by atoms with Gasteiger partial charge in [-0.25, -0.2) is 13.1 Å². The van der Waals surface area contributed by atoms with Gasteiger partial charge in [0.2, 0.25) is 0 Å². The molecule has 0 saturated carbocycles. The Morgan fingerprint density at radius 2 is 2.14 bits per heavy atom. The average molecular weight is 232 g/mol. The number of rotatable bonds is 2. The highest BCUT2D eigenvalue weighted by atomic mass is 127. The maximum absolute atomic E-state index is 10.2. The van der Waals surface area contributed by atoms with E-state index in [1.165, 1.54) is 7.05 Å². The van der Waals surface area contributed by atoms with Crippen molar-refractivity contribution in [1.29, 1.82) is 0 Å². The highest BCUT2D eigenvalue weighted by Gasteiger charge is 2.03. The van der Waals surface area contributed by atoms with Crippen LogP contribution in [0.2, 0.25) is 0 Å². The van der Waals surface area contributed by atoms with Gasteiger partial charge in [0.1, 0.15) is 0 Å². The van der Waals surface area contributed by atoms with Gasteiger partial charge in [-0.05, 0) is 7.05 Å². The van der Waals surface area contributed by atoms with Crippen LogP contribution in [0.4, 0.5) is 0 Å². The van der Waals surface area contributed by atoms with E-state index in [1.54, 1.807) is 22.4 Å². The molecule has 0 aromatic carbocycles. The third-order valence-electron chi connectivity index (χ3n) is 0.402. The Bertz CT molecular complexity index is 121. The molecule has 0 aromatic rings. The molecule has 0 atom stereocenters. The summed E-state index contributed by atoms with van der Waals surface area (Å²) in [7, 11) is -1.68. The normalized spacial score (nSPS) is 11.1. The first-order valence-corrected chi connectivity index (χ1v) is 4.28. The van der Waals surface area contributed by atoms with Crippen molar-refractivity contribution < 1.29 is 8.42 Å². The van der Waals surface area contributed by atoms with Gasteiger partial charge in [0, 0.05) is 0 Å².